The lowest BCUT2D eigenvalue weighted by Crippen LogP contribution is -2.30. The molecule has 1 atom stereocenters. The van der Waals surface area contributed by atoms with Crippen molar-refractivity contribution >= 4 is 11.6 Å². The highest BCUT2D eigenvalue weighted by molar-refractivity contribution is 5.94. The van der Waals surface area contributed by atoms with Crippen molar-refractivity contribution < 1.29 is 13.9 Å². The van der Waals surface area contributed by atoms with Gasteiger partial charge >= 0.3 is 0 Å². The zero-order valence-electron chi connectivity index (χ0n) is 13.7. The standard InChI is InChI=1S/C17H16FN5O2/c1-11(25-16-8-3-5-13(18)9-16)17(24)19-14-6-4-7-15(10-14)23-12(2)20-21-22-23/h3-11H,1-2H3,(H,19,24). The van der Waals surface area contributed by atoms with Gasteiger partial charge in [0.2, 0.25) is 0 Å². The third-order valence-corrected chi connectivity index (χ3v) is 3.46. The van der Waals surface area contributed by atoms with Gasteiger partial charge in [0.1, 0.15) is 11.6 Å². The number of aryl methyl sites for hydroxylation is 1. The molecule has 8 heteroatoms. The van der Waals surface area contributed by atoms with Crippen LogP contribution in [-0.4, -0.2) is 32.2 Å². The lowest BCUT2D eigenvalue weighted by molar-refractivity contribution is -0.122. The Bertz CT molecular complexity index is 896. The van der Waals surface area contributed by atoms with Gasteiger partial charge in [-0.1, -0.05) is 12.1 Å². The van der Waals surface area contributed by atoms with E-state index in [4.69, 9.17) is 4.74 Å². The summed E-state index contributed by atoms with van der Waals surface area (Å²) in [5.74, 6) is 0.150. The Morgan fingerprint density at radius 2 is 2.04 bits per heavy atom. The topological polar surface area (TPSA) is 81.9 Å². The second kappa shape index (κ2) is 7.08. The molecule has 0 bridgehead atoms. The molecule has 7 nitrogen and oxygen atoms in total. The summed E-state index contributed by atoms with van der Waals surface area (Å²) in [5, 5.41) is 14.1. The van der Waals surface area contributed by atoms with E-state index < -0.39 is 11.9 Å². The third kappa shape index (κ3) is 3.97. The van der Waals surface area contributed by atoms with Crippen molar-refractivity contribution in [2.24, 2.45) is 0 Å². The number of carbonyl (C=O) groups excluding carboxylic acids is 1. The van der Waals surface area contributed by atoms with Crippen molar-refractivity contribution in [3.05, 3.63) is 60.2 Å². The lowest BCUT2D eigenvalue weighted by Gasteiger charge is -2.15. The molecule has 1 amide bonds. The van der Waals surface area contributed by atoms with E-state index in [1.165, 1.54) is 18.2 Å². The number of carbonyl (C=O) groups is 1. The number of ether oxygens (including phenoxy) is 1. The van der Waals surface area contributed by atoms with Crippen molar-refractivity contribution in [1.82, 2.24) is 20.2 Å². The summed E-state index contributed by atoms with van der Waals surface area (Å²) in [5.41, 5.74) is 1.30. The molecule has 0 radical (unpaired) electrons. The van der Waals surface area contributed by atoms with E-state index in [2.05, 4.69) is 20.8 Å². The number of hydrogen-bond acceptors (Lipinski definition) is 5. The van der Waals surface area contributed by atoms with Crippen molar-refractivity contribution in [3.8, 4) is 11.4 Å². The van der Waals surface area contributed by atoms with E-state index >= 15 is 0 Å². The summed E-state index contributed by atoms with van der Waals surface area (Å²) in [6, 6.07) is 12.7. The largest absolute Gasteiger partial charge is 0.481 e. The first kappa shape index (κ1) is 16.6. The molecule has 0 saturated heterocycles. The minimum absolute atomic E-state index is 0.292. The molecule has 0 saturated carbocycles. The number of aromatic nitrogens is 4. The van der Waals surface area contributed by atoms with Crippen LogP contribution in [0.5, 0.6) is 5.75 Å². The maximum atomic E-state index is 13.2. The fourth-order valence-electron chi connectivity index (χ4n) is 2.23. The second-order valence-corrected chi connectivity index (χ2v) is 5.39. The molecular weight excluding hydrogens is 325 g/mol. The molecule has 25 heavy (non-hydrogen) atoms. The molecule has 1 N–H and O–H groups in total. The maximum Gasteiger partial charge on any atom is 0.265 e. The smallest absolute Gasteiger partial charge is 0.265 e. The highest BCUT2D eigenvalue weighted by Crippen LogP contribution is 2.17. The second-order valence-electron chi connectivity index (χ2n) is 5.39. The highest BCUT2D eigenvalue weighted by Gasteiger charge is 2.15. The molecule has 1 heterocycles. The Morgan fingerprint density at radius 3 is 2.76 bits per heavy atom. The predicted octanol–water partition coefficient (Wildman–Crippen LogP) is 2.52. The van der Waals surface area contributed by atoms with Crippen LogP contribution < -0.4 is 10.1 Å². The van der Waals surface area contributed by atoms with Crippen LogP contribution in [0.4, 0.5) is 10.1 Å². The average Bonchev–Trinajstić information content (AvgIpc) is 3.01. The zero-order valence-corrected chi connectivity index (χ0v) is 13.7. The quantitative estimate of drug-likeness (QED) is 0.771. The monoisotopic (exact) mass is 341 g/mol. The summed E-state index contributed by atoms with van der Waals surface area (Å²) in [7, 11) is 0. The first-order chi connectivity index (χ1) is 12.0. The van der Waals surface area contributed by atoms with Crippen LogP contribution in [0.2, 0.25) is 0 Å². The Balaban J connectivity index is 1.69. The zero-order chi connectivity index (χ0) is 17.8. The number of amides is 1. The van der Waals surface area contributed by atoms with Gasteiger partial charge in [-0.3, -0.25) is 4.79 Å². The van der Waals surface area contributed by atoms with Crippen molar-refractivity contribution in [3.63, 3.8) is 0 Å². The van der Waals surface area contributed by atoms with Crippen molar-refractivity contribution in [1.29, 1.82) is 0 Å². The molecular formula is C17H16FN5O2. The molecule has 128 valence electrons. The summed E-state index contributed by atoms with van der Waals surface area (Å²) in [4.78, 5) is 12.3. The SMILES string of the molecule is Cc1nnnn1-c1cccc(NC(=O)C(C)Oc2cccc(F)c2)c1. The Kier molecular flexibility index (Phi) is 4.69. The van der Waals surface area contributed by atoms with Gasteiger partial charge in [-0.2, -0.15) is 4.68 Å². The van der Waals surface area contributed by atoms with Gasteiger partial charge < -0.3 is 10.1 Å². The van der Waals surface area contributed by atoms with Crippen LogP contribution >= 0.6 is 0 Å². The number of halogens is 1. The van der Waals surface area contributed by atoms with Crippen LogP contribution in [0.25, 0.3) is 5.69 Å². The van der Waals surface area contributed by atoms with E-state index in [1.807, 2.05) is 6.07 Å². The molecule has 0 fully saturated rings. The summed E-state index contributed by atoms with van der Waals surface area (Å²) in [6.45, 7) is 3.37. The lowest BCUT2D eigenvalue weighted by atomic mass is 10.2. The fraction of sp³-hybridized carbons (Fsp3) is 0.176. The van der Waals surface area contributed by atoms with E-state index in [0.29, 0.717) is 17.3 Å². The number of hydrogen-bond donors (Lipinski definition) is 1. The van der Waals surface area contributed by atoms with Gasteiger partial charge in [-0.25, -0.2) is 4.39 Å². The number of rotatable bonds is 5. The molecule has 2 aromatic carbocycles. The van der Waals surface area contributed by atoms with Crippen LogP contribution in [0.1, 0.15) is 12.7 Å². The molecule has 0 spiro atoms. The van der Waals surface area contributed by atoms with Gasteiger partial charge in [0.25, 0.3) is 5.91 Å². The summed E-state index contributed by atoms with van der Waals surface area (Å²) < 4.78 is 20.2. The molecule has 0 aliphatic carbocycles. The number of nitrogens with one attached hydrogen (secondary N) is 1. The molecule has 1 aromatic heterocycles. The number of tetrazole rings is 1. The maximum absolute atomic E-state index is 13.2. The van der Waals surface area contributed by atoms with Gasteiger partial charge in [0.05, 0.1) is 5.69 Å². The Hall–Kier alpha value is -3.29. The molecule has 0 aliphatic rings. The molecule has 1 unspecified atom stereocenters. The van der Waals surface area contributed by atoms with E-state index in [-0.39, 0.29) is 5.91 Å². The van der Waals surface area contributed by atoms with Crippen LogP contribution in [0.15, 0.2) is 48.5 Å². The predicted molar refractivity (Wildman–Crippen MR) is 89.0 cm³/mol. The molecule has 3 aromatic rings. The van der Waals surface area contributed by atoms with Gasteiger partial charge in [-0.15, -0.1) is 5.10 Å². The molecule has 0 aliphatic heterocycles. The third-order valence-electron chi connectivity index (χ3n) is 3.46. The minimum atomic E-state index is -0.791. The normalized spacial score (nSPS) is 11.8. The summed E-state index contributed by atoms with van der Waals surface area (Å²) in [6.07, 6.45) is -0.791. The Labute approximate surface area is 143 Å². The highest BCUT2D eigenvalue weighted by atomic mass is 19.1. The van der Waals surface area contributed by atoms with E-state index in [0.717, 1.165) is 5.69 Å². The number of benzene rings is 2. The van der Waals surface area contributed by atoms with Crippen molar-refractivity contribution in [2.45, 2.75) is 20.0 Å². The van der Waals surface area contributed by atoms with Gasteiger partial charge in [0, 0.05) is 11.8 Å². The minimum Gasteiger partial charge on any atom is -0.481 e. The first-order valence-corrected chi connectivity index (χ1v) is 7.61. The van der Waals surface area contributed by atoms with E-state index in [1.54, 1.807) is 42.8 Å². The fourth-order valence-corrected chi connectivity index (χ4v) is 2.23. The number of anilines is 1. The van der Waals surface area contributed by atoms with E-state index in [9.17, 15) is 9.18 Å². The van der Waals surface area contributed by atoms with Crippen LogP contribution in [0.3, 0.4) is 0 Å². The first-order valence-electron chi connectivity index (χ1n) is 7.61. The summed E-state index contributed by atoms with van der Waals surface area (Å²) >= 11 is 0. The molecule has 3 rings (SSSR count). The van der Waals surface area contributed by atoms with Crippen molar-refractivity contribution in [2.75, 3.05) is 5.32 Å². The van der Waals surface area contributed by atoms with Crippen LogP contribution in [-0.2, 0) is 4.79 Å². The van der Waals surface area contributed by atoms with Gasteiger partial charge in [-0.05, 0) is 54.6 Å². The average molecular weight is 341 g/mol. The Morgan fingerprint density at radius 1 is 1.24 bits per heavy atom. The van der Waals surface area contributed by atoms with Crippen LogP contribution in [0, 0.1) is 12.7 Å². The van der Waals surface area contributed by atoms with Gasteiger partial charge in [0.15, 0.2) is 11.9 Å². The number of nitrogens with zero attached hydrogens (tertiary/aromatic N) is 4.